The van der Waals surface area contributed by atoms with Crippen molar-refractivity contribution in [1.82, 2.24) is 9.88 Å². The average molecular weight is 336 g/mol. The number of phenols is 1. The smallest absolute Gasteiger partial charge is 0.244 e. The molecule has 1 fully saturated rings. The molecule has 1 aromatic carbocycles. The topological polar surface area (TPSA) is 92.4 Å². The van der Waals surface area contributed by atoms with Crippen LogP contribution in [0.2, 0.25) is 0 Å². The number of aromatic hydroxyl groups is 1. The number of aromatic nitrogens is 1. The van der Waals surface area contributed by atoms with Crippen molar-refractivity contribution in [1.29, 1.82) is 0 Å². The van der Waals surface area contributed by atoms with E-state index in [2.05, 4.69) is 9.88 Å². The molecule has 23 heavy (non-hydrogen) atoms. The molecule has 7 heteroatoms. The first kappa shape index (κ1) is 16.0. The highest BCUT2D eigenvalue weighted by molar-refractivity contribution is 7.89. The molecule has 0 unspecified atom stereocenters. The van der Waals surface area contributed by atoms with Gasteiger partial charge in [0, 0.05) is 11.6 Å². The molecule has 124 valence electrons. The molecule has 0 bridgehead atoms. The van der Waals surface area contributed by atoms with E-state index in [0.29, 0.717) is 17.0 Å². The number of aryl methyl sites for hydroxylation is 2. The zero-order valence-electron chi connectivity index (χ0n) is 13.2. The Labute approximate surface area is 135 Å². The van der Waals surface area contributed by atoms with E-state index in [9.17, 15) is 13.5 Å². The monoisotopic (exact) mass is 336 g/mol. The summed E-state index contributed by atoms with van der Waals surface area (Å²) in [5, 5.41) is 13.9. The van der Waals surface area contributed by atoms with Gasteiger partial charge in [-0.15, -0.1) is 0 Å². The lowest BCUT2D eigenvalue weighted by atomic mass is 10.0. The summed E-state index contributed by atoms with van der Waals surface area (Å²) in [7, 11) is -3.76. The van der Waals surface area contributed by atoms with Gasteiger partial charge in [0.05, 0.1) is 5.69 Å². The van der Waals surface area contributed by atoms with E-state index in [0.717, 1.165) is 31.2 Å². The van der Waals surface area contributed by atoms with E-state index in [4.69, 9.17) is 4.52 Å². The molecule has 2 N–H and O–H groups in total. The number of nitrogens with zero attached hydrogens (tertiary/aromatic N) is 1. The number of sulfonamides is 1. The molecule has 0 atom stereocenters. The number of hydrogen-bond donors (Lipinski definition) is 2. The zero-order chi connectivity index (χ0) is 16.6. The van der Waals surface area contributed by atoms with Crippen LogP contribution in [0.4, 0.5) is 0 Å². The molecular formula is C16H20N2O4S. The first-order valence-electron chi connectivity index (χ1n) is 7.67. The highest BCUT2D eigenvalue weighted by Crippen LogP contribution is 2.33. The van der Waals surface area contributed by atoms with Crippen LogP contribution in [0, 0.1) is 13.8 Å². The molecule has 1 heterocycles. The summed E-state index contributed by atoms with van der Waals surface area (Å²) in [4.78, 5) is -0.109. The molecule has 0 aliphatic heterocycles. The lowest BCUT2D eigenvalue weighted by molar-refractivity contribution is 0.393. The molecule has 0 radical (unpaired) electrons. The van der Waals surface area contributed by atoms with E-state index >= 15 is 0 Å². The third-order valence-electron chi connectivity index (χ3n) is 4.25. The first-order valence-corrected chi connectivity index (χ1v) is 9.15. The molecule has 3 rings (SSSR count). The van der Waals surface area contributed by atoms with Crippen LogP contribution >= 0.6 is 0 Å². The predicted octanol–water partition coefficient (Wildman–Crippen LogP) is 2.88. The highest BCUT2D eigenvalue weighted by Gasteiger charge is 2.26. The third kappa shape index (κ3) is 3.11. The van der Waals surface area contributed by atoms with Crippen LogP contribution in [0.1, 0.15) is 37.1 Å². The number of benzene rings is 1. The summed E-state index contributed by atoms with van der Waals surface area (Å²) < 4.78 is 33.0. The molecule has 6 nitrogen and oxygen atoms in total. The summed E-state index contributed by atoms with van der Waals surface area (Å²) >= 11 is 0. The van der Waals surface area contributed by atoms with Crippen LogP contribution in [-0.4, -0.2) is 24.7 Å². The Hall–Kier alpha value is -1.86. The zero-order valence-corrected chi connectivity index (χ0v) is 14.0. The Balaban J connectivity index is 2.01. The lowest BCUT2D eigenvalue weighted by Gasteiger charge is -2.14. The minimum absolute atomic E-state index is 0.0536. The van der Waals surface area contributed by atoms with Crippen molar-refractivity contribution < 1.29 is 18.0 Å². The predicted molar refractivity (Wildman–Crippen MR) is 85.7 cm³/mol. The molecule has 0 spiro atoms. The molecule has 0 saturated heterocycles. The van der Waals surface area contributed by atoms with Crippen molar-refractivity contribution in [2.75, 3.05) is 0 Å². The largest absolute Gasteiger partial charge is 0.507 e. The molecule has 1 saturated carbocycles. The maximum atomic E-state index is 12.6. The summed E-state index contributed by atoms with van der Waals surface area (Å²) in [5.41, 5.74) is 2.09. The van der Waals surface area contributed by atoms with Gasteiger partial charge in [-0.25, -0.2) is 13.1 Å². The van der Waals surface area contributed by atoms with Crippen LogP contribution in [0.3, 0.4) is 0 Å². The molecule has 1 aliphatic rings. The standard InChI is InChI=1S/C16H20N2O4S/c1-10-16(11(2)22-17-10)12-7-8-14(19)15(9-12)23(20,21)18-13-5-3-4-6-13/h7-9,13,18-19H,3-6H2,1-2H3. The van der Waals surface area contributed by atoms with Gasteiger partial charge in [0.15, 0.2) is 0 Å². The van der Waals surface area contributed by atoms with Gasteiger partial charge in [0.2, 0.25) is 10.0 Å². The third-order valence-corrected chi connectivity index (χ3v) is 5.80. The van der Waals surface area contributed by atoms with Gasteiger partial charge in [-0.05, 0) is 44.4 Å². The number of phenolic OH excluding ortho intramolecular Hbond substituents is 1. The Morgan fingerprint density at radius 3 is 2.57 bits per heavy atom. The lowest BCUT2D eigenvalue weighted by Crippen LogP contribution is -2.32. The SMILES string of the molecule is Cc1noc(C)c1-c1ccc(O)c(S(=O)(=O)NC2CCCC2)c1. The first-order chi connectivity index (χ1) is 10.9. The van der Waals surface area contributed by atoms with Gasteiger partial charge in [0.25, 0.3) is 0 Å². The Kier molecular flexibility index (Phi) is 4.16. The van der Waals surface area contributed by atoms with Crippen LogP contribution < -0.4 is 4.72 Å². The van der Waals surface area contributed by atoms with Gasteiger partial charge >= 0.3 is 0 Å². The van der Waals surface area contributed by atoms with Crippen LogP contribution in [0.25, 0.3) is 11.1 Å². The van der Waals surface area contributed by atoms with Gasteiger partial charge in [-0.3, -0.25) is 0 Å². The summed E-state index contributed by atoms with van der Waals surface area (Å²) in [6, 6.07) is 4.47. The quantitative estimate of drug-likeness (QED) is 0.895. The molecule has 1 aromatic heterocycles. The van der Waals surface area contributed by atoms with E-state index in [1.54, 1.807) is 19.9 Å². The second-order valence-corrected chi connectivity index (χ2v) is 7.67. The molecule has 2 aromatic rings. The van der Waals surface area contributed by atoms with Crippen molar-refractivity contribution in [3.63, 3.8) is 0 Å². The van der Waals surface area contributed by atoms with Gasteiger partial charge < -0.3 is 9.63 Å². The normalized spacial score (nSPS) is 16.1. The van der Waals surface area contributed by atoms with Crippen molar-refractivity contribution in [2.24, 2.45) is 0 Å². The maximum absolute atomic E-state index is 12.6. The van der Waals surface area contributed by atoms with E-state index in [1.165, 1.54) is 12.1 Å². The van der Waals surface area contributed by atoms with Crippen molar-refractivity contribution in [3.05, 3.63) is 29.7 Å². The fourth-order valence-corrected chi connectivity index (χ4v) is 4.53. The summed E-state index contributed by atoms with van der Waals surface area (Å²) in [5.74, 6) is 0.353. The van der Waals surface area contributed by atoms with Crippen molar-refractivity contribution in [3.8, 4) is 16.9 Å². The Bertz CT molecular complexity index is 801. The van der Waals surface area contributed by atoms with Crippen LogP contribution in [0.5, 0.6) is 5.75 Å². The number of hydrogen-bond acceptors (Lipinski definition) is 5. The second kappa shape index (κ2) is 5.98. The second-order valence-electron chi connectivity index (χ2n) is 5.98. The maximum Gasteiger partial charge on any atom is 0.244 e. The van der Waals surface area contributed by atoms with E-state index < -0.39 is 10.0 Å². The van der Waals surface area contributed by atoms with Gasteiger partial charge in [-0.2, -0.15) is 0 Å². The fourth-order valence-electron chi connectivity index (χ4n) is 3.11. The summed E-state index contributed by atoms with van der Waals surface area (Å²) in [6.07, 6.45) is 3.73. The van der Waals surface area contributed by atoms with Gasteiger partial charge in [-0.1, -0.05) is 24.1 Å². The average Bonchev–Trinajstić information content (AvgIpc) is 3.10. The highest BCUT2D eigenvalue weighted by atomic mass is 32.2. The minimum Gasteiger partial charge on any atom is -0.507 e. The molecular weight excluding hydrogens is 316 g/mol. The van der Waals surface area contributed by atoms with E-state index in [-0.39, 0.29) is 16.7 Å². The van der Waals surface area contributed by atoms with E-state index in [1.807, 2.05) is 0 Å². The summed E-state index contributed by atoms with van der Waals surface area (Å²) in [6.45, 7) is 3.57. The van der Waals surface area contributed by atoms with Crippen molar-refractivity contribution >= 4 is 10.0 Å². The van der Waals surface area contributed by atoms with Crippen LogP contribution in [-0.2, 0) is 10.0 Å². The molecule has 0 amide bonds. The van der Waals surface area contributed by atoms with Gasteiger partial charge in [0.1, 0.15) is 16.4 Å². The molecule has 1 aliphatic carbocycles. The Morgan fingerprint density at radius 2 is 1.96 bits per heavy atom. The Morgan fingerprint density at radius 1 is 1.26 bits per heavy atom. The van der Waals surface area contributed by atoms with Crippen molar-refractivity contribution in [2.45, 2.75) is 50.5 Å². The fraction of sp³-hybridized carbons (Fsp3) is 0.438. The van der Waals surface area contributed by atoms with Crippen LogP contribution in [0.15, 0.2) is 27.6 Å². The number of nitrogens with one attached hydrogen (secondary N) is 1. The number of rotatable bonds is 4. The minimum atomic E-state index is -3.76.